The van der Waals surface area contributed by atoms with Crippen LogP contribution in [-0.4, -0.2) is 49.8 Å². The van der Waals surface area contributed by atoms with Crippen LogP contribution in [0.4, 0.5) is 0 Å². The summed E-state index contributed by atoms with van der Waals surface area (Å²) in [6, 6.07) is 1.71. The molecule has 0 unspecified atom stereocenters. The van der Waals surface area contributed by atoms with E-state index in [1.54, 1.807) is 13.2 Å². The van der Waals surface area contributed by atoms with Crippen LogP contribution in [0.15, 0.2) is 23.0 Å². The third-order valence-corrected chi connectivity index (χ3v) is 4.53. The molecule has 1 aromatic rings. The summed E-state index contributed by atoms with van der Waals surface area (Å²) in [5.74, 6) is 0.414. The SMILES string of the molecule is COC[C@@H]1CCC[C@@]12CN(C(=O)c1ccoc1)CCO2. The molecule has 3 rings (SSSR count). The normalized spacial score (nSPS) is 30.1. The molecule has 0 radical (unpaired) electrons. The van der Waals surface area contributed by atoms with E-state index in [-0.39, 0.29) is 11.5 Å². The Morgan fingerprint density at radius 3 is 3.25 bits per heavy atom. The van der Waals surface area contributed by atoms with Crippen molar-refractivity contribution in [1.29, 1.82) is 0 Å². The molecule has 5 nitrogen and oxygen atoms in total. The Hall–Kier alpha value is -1.33. The first-order chi connectivity index (χ1) is 9.75. The summed E-state index contributed by atoms with van der Waals surface area (Å²) in [7, 11) is 1.73. The van der Waals surface area contributed by atoms with Crippen molar-refractivity contribution in [1.82, 2.24) is 4.90 Å². The van der Waals surface area contributed by atoms with Gasteiger partial charge in [0.15, 0.2) is 0 Å². The molecule has 0 bridgehead atoms. The molecule has 2 atom stereocenters. The van der Waals surface area contributed by atoms with E-state index in [1.807, 2.05) is 4.90 Å². The molecular formula is C15H21NO4. The Balaban J connectivity index is 1.74. The molecule has 1 aliphatic heterocycles. The summed E-state index contributed by atoms with van der Waals surface area (Å²) in [6.45, 7) is 2.61. The highest BCUT2D eigenvalue weighted by molar-refractivity contribution is 5.93. The van der Waals surface area contributed by atoms with Gasteiger partial charge in [0, 0.05) is 19.6 Å². The number of ether oxygens (including phenoxy) is 2. The minimum Gasteiger partial charge on any atom is -0.472 e. The lowest BCUT2D eigenvalue weighted by Gasteiger charge is -2.43. The molecule has 2 aliphatic rings. The lowest BCUT2D eigenvalue weighted by atomic mass is 9.89. The van der Waals surface area contributed by atoms with Gasteiger partial charge in [-0.15, -0.1) is 0 Å². The van der Waals surface area contributed by atoms with Crippen molar-refractivity contribution in [3.8, 4) is 0 Å². The van der Waals surface area contributed by atoms with Crippen LogP contribution in [0.1, 0.15) is 29.6 Å². The van der Waals surface area contributed by atoms with E-state index in [4.69, 9.17) is 13.9 Å². The molecule has 1 spiro atoms. The lowest BCUT2D eigenvalue weighted by molar-refractivity contribution is -0.130. The predicted octanol–water partition coefficient (Wildman–Crippen LogP) is 1.94. The van der Waals surface area contributed by atoms with Gasteiger partial charge in [0.1, 0.15) is 6.26 Å². The standard InChI is InChI=1S/C15H21NO4/c1-18-10-13-3-2-5-15(13)11-16(6-8-20-15)14(17)12-4-7-19-9-12/h4,7,9,13H,2-3,5-6,8,10-11H2,1H3/t13-,15+/m0/s1. The highest BCUT2D eigenvalue weighted by Gasteiger charge is 2.47. The minimum atomic E-state index is -0.215. The second-order valence-electron chi connectivity index (χ2n) is 5.70. The van der Waals surface area contributed by atoms with Crippen LogP contribution in [-0.2, 0) is 9.47 Å². The first-order valence-corrected chi connectivity index (χ1v) is 7.19. The van der Waals surface area contributed by atoms with Gasteiger partial charge in [0.05, 0.1) is 37.2 Å². The number of hydrogen-bond donors (Lipinski definition) is 0. The van der Waals surface area contributed by atoms with Gasteiger partial charge < -0.3 is 18.8 Å². The molecule has 1 saturated carbocycles. The van der Waals surface area contributed by atoms with Crippen molar-refractivity contribution in [3.05, 3.63) is 24.2 Å². The van der Waals surface area contributed by atoms with Gasteiger partial charge in [-0.25, -0.2) is 0 Å². The molecule has 1 amide bonds. The molecule has 0 N–H and O–H groups in total. The quantitative estimate of drug-likeness (QED) is 0.848. The van der Waals surface area contributed by atoms with Crippen LogP contribution in [0.5, 0.6) is 0 Å². The summed E-state index contributed by atoms with van der Waals surface area (Å²) in [6.07, 6.45) is 6.30. The Morgan fingerprint density at radius 2 is 2.50 bits per heavy atom. The van der Waals surface area contributed by atoms with E-state index in [1.165, 1.54) is 12.5 Å². The molecule has 1 aliphatic carbocycles. The lowest BCUT2D eigenvalue weighted by Crippen LogP contribution is -2.56. The fraction of sp³-hybridized carbons (Fsp3) is 0.667. The summed E-state index contributed by atoms with van der Waals surface area (Å²) < 4.78 is 16.4. The van der Waals surface area contributed by atoms with Gasteiger partial charge in [-0.1, -0.05) is 6.42 Å². The van der Waals surface area contributed by atoms with Gasteiger partial charge in [-0.2, -0.15) is 0 Å². The summed E-state index contributed by atoms with van der Waals surface area (Å²) >= 11 is 0. The van der Waals surface area contributed by atoms with Crippen molar-refractivity contribution in [3.63, 3.8) is 0 Å². The largest absolute Gasteiger partial charge is 0.472 e. The van der Waals surface area contributed by atoms with Crippen LogP contribution in [0.3, 0.4) is 0 Å². The number of hydrogen-bond acceptors (Lipinski definition) is 4. The van der Waals surface area contributed by atoms with E-state index in [0.29, 0.717) is 37.8 Å². The summed E-state index contributed by atoms with van der Waals surface area (Å²) in [5, 5.41) is 0. The zero-order valence-corrected chi connectivity index (χ0v) is 11.8. The minimum absolute atomic E-state index is 0.0319. The highest BCUT2D eigenvalue weighted by atomic mass is 16.5. The molecule has 110 valence electrons. The van der Waals surface area contributed by atoms with Gasteiger partial charge in [-0.05, 0) is 18.9 Å². The molecular weight excluding hydrogens is 258 g/mol. The topological polar surface area (TPSA) is 51.9 Å². The van der Waals surface area contributed by atoms with Crippen molar-refractivity contribution < 1.29 is 18.7 Å². The van der Waals surface area contributed by atoms with Crippen LogP contribution in [0, 0.1) is 5.92 Å². The van der Waals surface area contributed by atoms with Gasteiger partial charge in [0.25, 0.3) is 5.91 Å². The number of carbonyl (C=O) groups is 1. The zero-order valence-electron chi connectivity index (χ0n) is 11.8. The van der Waals surface area contributed by atoms with Crippen LogP contribution in [0.25, 0.3) is 0 Å². The molecule has 5 heteroatoms. The smallest absolute Gasteiger partial charge is 0.257 e. The van der Waals surface area contributed by atoms with E-state index >= 15 is 0 Å². The van der Waals surface area contributed by atoms with Gasteiger partial charge >= 0.3 is 0 Å². The number of carbonyl (C=O) groups excluding carboxylic acids is 1. The molecule has 20 heavy (non-hydrogen) atoms. The molecule has 2 fully saturated rings. The van der Waals surface area contributed by atoms with Crippen molar-refractivity contribution >= 4 is 5.91 Å². The average Bonchev–Trinajstić information content (AvgIpc) is 3.10. The number of morpholine rings is 1. The number of nitrogens with zero attached hydrogens (tertiary/aromatic N) is 1. The Labute approximate surface area is 118 Å². The molecule has 0 aromatic carbocycles. The van der Waals surface area contributed by atoms with E-state index < -0.39 is 0 Å². The summed E-state index contributed by atoms with van der Waals surface area (Å²) in [5.41, 5.74) is 0.400. The van der Waals surface area contributed by atoms with Crippen molar-refractivity contribution in [2.24, 2.45) is 5.92 Å². The monoisotopic (exact) mass is 279 g/mol. The third-order valence-electron chi connectivity index (χ3n) is 4.53. The second kappa shape index (κ2) is 5.58. The predicted molar refractivity (Wildman–Crippen MR) is 72.5 cm³/mol. The maximum Gasteiger partial charge on any atom is 0.257 e. The number of rotatable bonds is 3. The van der Waals surface area contributed by atoms with E-state index in [2.05, 4.69) is 0 Å². The molecule has 2 heterocycles. The third kappa shape index (κ3) is 2.36. The highest BCUT2D eigenvalue weighted by Crippen LogP contribution is 2.41. The van der Waals surface area contributed by atoms with Crippen LogP contribution < -0.4 is 0 Å². The summed E-state index contributed by atoms with van der Waals surface area (Å²) in [4.78, 5) is 14.3. The average molecular weight is 279 g/mol. The Bertz CT molecular complexity index is 458. The first-order valence-electron chi connectivity index (χ1n) is 7.19. The maximum absolute atomic E-state index is 12.4. The second-order valence-corrected chi connectivity index (χ2v) is 5.70. The molecule has 1 aromatic heterocycles. The van der Waals surface area contributed by atoms with E-state index in [9.17, 15) is 4.79 Å². The Kier molecular flexibility index (Phi) is 3.81. The maximum atomic E-state index is 12.4. The van der Waals surface area contributed by atoms with Gasteiger partial charge in [-0.3, -0.25) is 4.79 Å². The number of methoxy groups -OCH3 is 1. The van der Waals surface area contributed by atoms with Gasteiger partial charge in [0.2, 0.25) is 0 Å². The van der Waals surface area contributed by atoms with Crippen molar-refractivity contribution in [2.75, 3.05) is 33.4 Å². The van der Waals surface area contributed by atoms with Crippen molar-refractivity contribution in [2.45, 2.75) is 24.9 Å². The van der Waals surface area contributed by atoms with Crippen LogP contribution in [0.2, 0.25) is 0 Å². The van der Waals surface area contributed by atoms with Crippen LogP contribution >= 0.6 is 0 Å². The molecule has 1 saturated heterocycles. The number of furan rings is 1. The Morgan fingerprint density at radius 1 is 1.60 bits per heavy atom. The fourth-order valence-electron chi connectivity index (χ4n) is 3.50. The fourth-order valence-corrected chi connectivity index (χ4v) is 3.50. The van der Waals surface area contributed by atoms with E-state index in [0.717, 1.165) is 19.3 Å². The number of amides is 1. The zero-order chi connectivity index (χ0) is 14.0. The first kappa shape index (κ1) is 13.6.